The Labute approximate surface area is 258 Å². The summed E-state index contributed by atoms with van der Waals surface area (Å²) in [5.41, 5.74) is -1.96. The Balaban J connectivity index is 1.26. The van der Waals surface area contributed by atoms with Gasteiger partial charge < -0.3 is 20.3 Å². The second kappa shape index (κ2) is 11.5. The van der Waals surface area contributed by atoms with Crippen LogP contribution in [0, 0.1) is 5.41 Å². The van der Waals surface area contributed by atoms with Crippen LogP contribution in [-0.2, 0) is 10.0 Å². The first-order chi connectivity index (χ1) is 21.3. The van der Waals surface area contributed by atoms with Crippen LogP contribution in [-0.4, -0.2) is 78.1 Å². The van der Waals surface area contributed by atoms with Crippen LogP contribution < -0.4 is 25.0 Å². The number of amides is 1. The minimum atomic E-state index is -4.31. The van der Waals surface area contributed by atoms with Gasteiger partial charge in [0, 0.05) is 43.5 Å². The van der Waals surface area contributed by atoms with Crippen molar-refractivity contribution in [3.05, 3.63) is 48.2 Å². The molecule has 1 saturated carbocycles. The number of rotatable bonds is 6. The second-order valence-corrected chi connectivity index (χ2v) is 14.0. The van der Waals surface area contributed by atoms with Crippen LogP contribution in [0.4, 0.5) is 24.8 Å². The highest BCUT2D eigenvalue weighted by molar-refractivity contribution is 7.90. The van der Waals surface area contributed by atoms with Gasteiger partial charge in [0.15, 0.2) is 10.8 Å². The maximum Gasteiger partial charge on any atom is 0.394 e. The van der Waals surface area contributed by atoms with Crippen molar-refractivity contribution < 1.29 is 31.1 Å². The highest BCUT2D eigenvalue weighted by Crippen LogP contribution is 2.60. The normalized spacial score (nSPS) is 21.9. The van der Waals surface area contributed by atoms with Crippen molar-refractivity contribution in [1.82, 2.24) is 29.8 Å². The molecule has 0 radical (unpaired) electrons. The lowest BCUT2D eigenvalue weighted by Gasteiger charge is -2.33. The Bertz CT molecular complexity index is 1690. The summed E-state index contributed by atoms with van der Waals surface area (Å²) in [4.78, 5) is 24.5. The van der Waals surface area contributed by atoms with E-state index in [4.69, 9.17) is 9.72 Å². The van der Waals surface area contributed by atoms with Crippen LogP contribution in [0.5, 0.6) is 5.88 Å². The molecule has 1 atom stereocenters. The largest absolute Gasteiger partial charge is 0.477 e. The number of hydrogen-bond donors (Lipinski definition) is 3. The molecular formula is C29H35F3N8O4S. The number of alkyl halides is 3. The molecule has 1 unspecified atom stereocenters. The monoisotopic (exact) mass is 648 g/mol. The highest BCUT2D eigenvalue weighted by atomic mass is 32.2. The summed E-state index contributed by atoms with van der Waals surface area (Å²) < 4.78 is 75.2. The van der Waals surface area contributed by atoms with E-state index in [1.807, 2.05) is 18.7 Å². The summed E-state index contributed by atoms with van der Waals surface area (Å²) in [6.07, 6.45) is -1.28. The lowest BCUT2D eigenvalue weighted by Crippen LogP contribution is -2.41. The van der Waals surface area contributed by atoms with E-state index in [2.05, 4.69) is 25.4 Å². The average Bonchev–Trinajstić information content (AvgIpc) is 3.53. The molecule has 2 aliphatic heterocycles. The summed E-state index contributed by atoms with van der Waals surface area (Å²) in [6, 6.07) is 9.20. The van der Waals surface area contributed by atoms with Gasteiger partial charge in [-0.3, -0.25) is 4.79 Å². The van der Waals surface area contributed by atoms with Gasteiger partial charge in [-0.15, -0.1) is 5.10 Å². The standard InChI is InChI=1S/C29H35F3N8O4S/c1-27(2)17-19-18-39(27)25-20(26(41)38-45(42,43)24-6-3-5-21(35-24)34-14-13-33-19)7-8-22(36-25)40-15-9-23(37-40)44-16-4-10-28(11-12-28)29(30,31)32/h3,5-9,15,19,33H,4,10-14,16-18H2,1-2H3,(H,34,35)(H,38,41). The predicted octanol–water partition coefficient (Wildman–Crippen LogP) is 3.65. The van der Waals surface area contributed by atoms with Gasteiger partial charge in [-0.05, 0) is 70.2 Å². The van der Waals surface area contributed by atoms with Gasteiger partial charge in [-0.2, -0.15) is 21.6 Å². The molecule has 16 heteroatoms. The van der Waals surface area contributed by atoms with E-state index < -0.39 is 33.1 Å². The molecule has 5 heterocycles. The van der Waals surface area contributed by atoms with Gasteiger partial charge in [0.1, 0.15) is 11.6 Å². The number of nitrogens with one attached hydrogen (secondary N) is 3. The third-order valence-electron chi connectivity index (χ3n) is 8.63. The summed E-state index contributed by atoms with van der Waals surface area (Å²) in [7, 11) is -4.31. The first-order valence-electron chi connectivity index (χ1n) is 14.8. The highest BCUT2D eigenvalue weighted by Gasteiger charge is 2.62. The van der Waals surface area contributed by atoms with E-state index in [0.29, 0.717) is 31.3 Å². The third-order valence-corrected chi connectivity index (χ3v) is 9.87. The first kappa shape index (κ1) is 31.1. The summed E-state index contributed by atoms with van der Waals surface area (Å²) >= 11 is 0. The number of halogens is 3. The number of anilines is 2. The topological polar surface area (TPSA) is 143 Å². The van der Waals surface area contributed by atoms with Crippen molar-refractivity contribution in [2.75, 3.05) is 36.5 Å². The molecule has 1 aliphatic carbocycles. The number of fused-ring (bicyclic) bond motifs is 6. The molecule has 45 heavy (non-hydrogen) atoms. The molecule has 3 N–H and O–H groups in total. The molecule has 0 spiro atoms. The fraction of sp³-hybridized carbons (Fsp3) is 0.517. The summed E-state index contributed by atoms with van der Waals surface area (Å²) in [5, 5.41) is 10.7. The third kappa shape index (κ3) is 6.43. The average molecular weight is 649 g/mol. The maximum absolute atomic E-state index is 13.5. The van der Waals surface area contributed by atoms with Crippen LogP contribution in [0.15, 0.2) is 47.6 Å². The van der Waals surface area contributed by atoms with Crippen LogP contribution in [0.2, 0.25) is 0 Å². The number of ether oxygens (including phenoxy) is 1. The summed E-state index contributed by atoms with van der Waals surface area (Å²) in [5.74, 6) is 0.365. The van der Waals surface area contributed by atoms with Gasteiger partial charge in [-0.25, -0.2) is 19.4 Å². The smallest absolute Gasteiger partial charge is 0.394 e. The van der Waals surface area contributed by atoms with Crippen LogP contribution >= 0.6 is 0 Å². The zero-order valence-corrected chi connectivity index (χ0v) is 25.7. The zero-order chi connectivity index (χ0) is 32.0. The van der Waals surface area contributed by atoms with Crippen molar-refractivity contribution >= 4 is 27.6 Å². The van der Waals surface area contributed by atoms with Crippen LogP contribution in [0.25, 0.3) is 5.82 Å². The van der Waals surface area contributed by atoms with Crippen molar-refractivity contribution in [1.29, 1.82) is 0 Å². The number of carbonyl (C=O) groups is 1. The van der Waals surface area contributed by atoms with E-state index in [-0.39, 0.29) is 60.6 Å². The Morgan fingerprint density at radius 2 is 1.89 bits per heavy atom. The molecule has 3 aliphatic rings. The van der Waals surface area contributed by atoms with Gasteiger partial charge in [0.05, 0.1) is 17.6 Å². The molecule has 2 fully saturated rings. The van der Waals surface area contributed by atoms with Crippen molar-refractivity contribution in [3.8, 4) is 11.7 Å². The first-order valence-corrected chi connectivity index (χ1v) is 16.3. The SMILES string of the molecule is CC1(C)CC2CN1c1nc(-n3ccc(OCCCC4(C(F)(F)F)CC4)n3)ccc1C(=O)NS(=O)(=O)c1cccc(n1)NCCN2. The number of sulfonamides is 1. The van der Waals surface area contributed by atoms with E-state index in [1.54, 1.807) is 24.4 Å². The minimum Gasteiger partial charge on any atom is -0.477 e. The zero-order valence-electron chi connectivity index (χ0n) is 24.9. The molecule has 6 rings (SSSR count). The van der Waals surface area contributed by atoms with Crippen LogP contribution in [0.3, 0.4) is 0 Å². The molecule has 4 bridgehead atoms. The molecule has 242 valence electrons. The number of hydrogen-bond acceptors (Lipinski definition) is 10. The van der Waals surface area contributed by atoms with Gasteiger partial charge in [0.25, 0.3) is 15.9 Å². The van der Waals surface area contributed by atoms with Crippen molar-refractivity contribution in [2.45, 2.75) is 68.7 Å². The Hall–Kier alpha value is -3.92. The number of pyridine rings is 2. The second-order valence-electron chi connectivity index (χ2n) is 12.4. The van der Waals surface area contributed by atoms with Gasteiger partial charge >= 0.3 is 6.18 Å². The predicted molar refractivity (Wildman–Crippen MR) is 159 cm³/mol. The van der Waals surface area contributed by atoms with E-state index >= 15 is 0 Å². The minimum absolute atomic E-state index is 0.0147. The number of aromatic nitrogens is 4. The quantitative estimate of drug-likeness (QED) is 0.339. The van der Waals surface area contributed by atoms with E-state index in [0.717, 1.165) is 6.42 Å². The molecular weight excluding hydrogens is 613 g/mol. The van der Waals surface area contributed by atoms with E-state index in [1.165, 1.54) is 22.9 Å². The molecule has 3 aromatic heterocycles. The fourth-order valence-electron chi connectivity index (χ4n) is 5.99. The molecule has 1 amide bonds. The molecule has 12 nitrogen and oxygen atoms in total. The number of nitrogens with zero attached hydrogens (tertiary/aromatic N) is 5. The lowest BCUT2D eigenvalue weighted by molar-refractivity contribution is -0.189. The Morgan fingerprint density at radius 1 is 1.09 bits per heavy atom. The Kier molecular flexibility index (Phi) is 7.92. The molecule has 3 aromatic rings. The maximum atomic E-state index is 13.5. The molecule has 1 saturated heterocycles. The van der Waals surface area contributed by atoms with Crippen molar-refractivity contribution in [2.24, 2.45) is 5.41 Å². The van der Waals surface area contributed by atoms with Gasteiger partial charge in [-0.1, -0.05) is 6.07 Å². The number of carbonyl (C=O) groups excluding carboxylic acids is 1. The lowest BCUT2D eigenvalue weighted by atomic mass is 10.00. The van der Waals surface area contributed by atoms with E-state index in [9.17, 15) is 26.4 Å². The fourth-order valence-corrected chi connectivity index (χ4v) is 6.92. The summed E-state index contributed by atoms with van der Waals surface area (Å²) in [6.45, 7) is 5.76. The van der Waals surface area contributed by atoms with Gasteiger partial charge in [0.2, 0.25) is 5.88 Å². The van der Waals surface area contributed by atoms with Crippen LogP contribution in [0.1, 0.15) is 56.3 Å². The molecule has 0 aromatic carbocycles. The van der Waals surface area contributed by atoms with Crippen molar-refractivity contribution in [3.63, 3.8) is 0 Å². The Morgan fingerprint density at radius 3 is 2.64 bits per heavy atom.